The Hall–Kier alpha value is -0.780. The second kappa shape index (κ2) is 5.31. The van der Waals surface area contributed by atoms with Gasteiger partial charge in [-0.15, -0.1) is 0 Å². The van der Waals surface area contributed by atoms with Crippen molar-refractivity contribution in [2.24, 2.45) is 17.6 Å². The zero-order chi connectivity index (χ0) is 14.1. The number of rotatable bonds is 3. The number of nitrogens with two attached hydrogens (primary N) is 1. The van der Waals surface area contributed by atoms with Crippen LogP contribution in [0, 0.1) is 11.8 Å². The minimum absolute atomic E-state index is 0.0667. The SMILES string of the molecule is NCC1(NC(=O)C2CCC(C(F)(F)F)CC2)CCC1. The minimum Gasteiger partial charge on any atom is -0.349 e. The third-order valence-corrected chi connectivity index (χ3v) is 4.65. The summed E-state index contributed by atoms with van der Waals surface area (Å²) in [5.74, 6) is -1.61. The maximum atomic E-state index is 12.5. The monoisotopic (exact) mass is 278 g/mol. The van der Waals surface area contributed by atoms with Crippen molar-refractivity contribution in [3.05, 3.63) is 0 Å². The molecule has 0 radical (unpaired) electrons. The van der Waals surface area contributed by atoms with Crippen molar-refractivity contribution < 1.29 is 18.0 Å². The molecule has 1 amide bonds. The molecular formula is C13H21F3N2O. The van der Waals surface area contributed by atoms with Crippen LogP contribution in [0.5, 0.6) is 0 Å². The third kappa shape index (κ3) is 3.22. The summed E-state index contributed by atoms with van der Waals surface area (Å²) in [6, 6.07) is 0. The van der Waals surface area contributed by atoms with Gasteiger partial charge < -0.3 is 11.1 Å². The fourth-order valence-electron chi connectivity index (χ4n) is 3.03. The van der Waals surface area contributed by atoms with E-state index in [9.17, 15) is 18.0 Å². The first kappa shape index (κ1) is 14.6. The highest BCUT2D eigenvalue weighted by molar-refractivity contribution is 5.79. The van der Waals surface area contributed by atoms with Gasteiger partial charge in [-0.3, -0.25) is 4.79 Å². The summed E-state index contributed by atoms with van der Waals surface area (Å²) < 4.78 is 37.6. The Labute approximate surface area is 111 Å². The van der Waals surface area contributed by atoms with E-state index in [4.69, 9.17) is 5.73 Å². The maximum Gasteiger partial charge on any atom is 0.391 e. The lowest BCUT2D eigenvalue weighted by molar-refractivity contribution is -0.184. The summed E-state index contributed by atoms with van der Waals surface area (Å²) in [5.41, 5.74) is 5.38. The third-order valence-electron chi connectivity index (χ3n) is 4.65. The molecule has 0 saturated heterocycles. The van der Waals surface area contributed by atoms with Gasteiger partial charge in [0, 0.05) is 12.5 Å². The molecule has 0 heterocycles. The quantitative estimate of drug-likeness (QED) is 0.832. The zero-order valence-electron chi connectivity index (χ0n) is 10.9. The van der Waals surface area contributed by atoms with Crippen molar-refractivity contribution in [3.8, 4) is 0 Å². The number of carbonyl (C=O) groups is 1. The van der Waals surface area contributed by atoms with Gasteiger partial charge in [0.15, 0.2) is 0 Å². The number of carbonyl (C=O) groups excluding carboxylic acids is 1. The van der Waals surface area contributed by atoms with E-state index < -0.39 is 12.1 Å². The average Bonchev–Trinajstić information content (AvgIpc) is 2.32. The summed E-state index contributed by atoms with van der Waals surface area (Å²) in [4.78, 5) is 12.1. The number of amides is 1. The van der Waals surface area contributed by atoms with E-state index in [0.717, 1.165) is 19.3 Å². The molecule has 3 N–H and O–H groups in total. The van der Waals surface area contributed by atoms with Gasteiger partial charge in [-0.2, -0.15) is 13.2 Å². The van der Waals surface area contributed by atoms with Crippen LogP contribution >= 0.6 is 0 Å². The van der Waals surface area contributed by atoms with Crippen LogP contribution in [0.4, 0.5) is 13.2 Å². The molecule has 19 heavy (non-hydrogen) atoms. The van der Waals surface area contributed by atoms with Crippen LogP contribution in [0.1, 0.15) is 44.9 Å². The molecule has 0 atom stereocenters. The van der Waals surface area contributed by atoms with Crippen molar-refractivity contribution in [2.75, 3.05) is 6.54 Å². The Kier molecular flexibility index (Phi) is 4.08. The van der Waals surface area contributed by atoms with Gasteiger partial charge in [-0.25, -0.2) is 0 Å². The Bertz CT molecular complexity index is 326. The van der Waals surface area contributed by atoms with E-state index in [1.807, 2.05) is 0 Å². The molecule has 0 aromatic carbocycles. The van der Waals surface area contributed by atoms with Gasteiger partial charge in [0.05, 0.1) is 11.5 Å². The number of halogens is 3. The van der Waals surface area contributed by atoms with Gasteiger partial charge in [-0.1, -0.05) is 0 Å². The van der Waals surface area contributed by atoms with Crippen molar-refractivity contribution in [1.82, 2.24) is 5.32 Å². The van der Waals surface area contributed by atoms with Gasteiger partial charge in [-0.05, 0) is 44.9 Å². The lowest BCUT2D eigenvalue weighted by atomic mass is 9.75. The first-order valence-electron chi connectivity index (χ1n) is 6.95. The second-order valence-electron chi connectivity index (χ2n) is 5.92. The van der Waals surface area contributed by atoms with Crippen molar-refractivity contribution >= 4 is 5.91 Å². The smallest absolute Gasteiger partial charge is 0.349 e. The standard InChI is InChI=1S/C13H21F3N2O/c14-13(15,16)10-4-2-9(3-5-10)11(19)18-12(8-17)6-1-7-12/h9-10H,1-8,17H2,(H,18,19). The molecule has 2 aliphatic carbocycles. The summed E-state index contributed by atoms with van der Waals surface area (Å²) in [5, 5.41) is 2.96. The molecule has 2 rings (SSSR count). The van der Waals surface area contributed by atoms with Crippen molar-refractivity contribution in [2.45, 2.75) is 56.7 Å². The van der Waals surface area contributed by atoms with E-state index in [0.29, 0.717) is 19.4 Å². The Morgan fingerprint density at radius 1 is 1.21 bits per heavy atom. The highest BCUT2D eigenvalue weighted by Gasteiger charge is 2.44. The zero-order valence-corrected chi connectivity index (χ0v) is 10.9. The summed E-state index contributed by atoms with van der Waals surface area (Å²) >= 11 is 0. The van der Waals surface area contributed by atoms with E-state index >= 15 is 0 Å². The number of hydrogen-bond donors (Lipinski definition) is 2. The minimum atomic E-state index is -4.12. The first-order valence-corrected chi connectivity index (χ1v) is 6.95. The van der Waals surface area contributed by atoms with E-state index in [-0.39, 0.29) is 30.2 Å². The predicted octanol–water partition coefficient (Wildman–Crippen LogP) is 2.35. The molecule has 2 saturated carbocycles. The Balaban J connectivity index is 1.83. The largest absolute Gasteiger partial charge is 0.391 e. The molecule has 110 valence electrons. The molecule has 3 nitrogen and oxygen atoms in total. The van der Waals surface area contributed by atoms with Gasteiger partial charge in [0.25, 0.3) is 0 Å². The van der Waals surface area contributed by atoms with Gasteiger partial charge in [0.2, 0.25) is 5.91 Å². The molecule has 2 fully saturated rings. The van der Waals surface area contributed by atoms with Crippen molar-refractivity contribution in [1.29, 1.82) is 0 Å². The maximum absolute atomic E-state index is 12.5. The molecule has 6 heteroatoms. The van der Waals surface area contributed by atoms with Gasteiger partial charge >= 0.3 is 6.18 Å². The van der Waals surface area contributed by atoms with Crippen LogP contribution in [0.3, 0.4) is 0 Å². The van der Waals surface area contributed by atoms with Crippen LogP contribution < -0.4 is 11.1 Å². The van der Waals surface area contributed by atoms with Crippen LogP contribution in [0.2, 0.25) is 0 Å². The Morgan fingerprint density at radius 3 is 2.16 bits per heavy atom. The summed E-state index contributed by atoms with van der Waals surface area (Å²) in [7, 11) is 0. The fraction of sp³-hybridized carbons (Fsp3) is 0.923. The molecule has 0 aromatic rings. The molecule has 0 spiro atoms. The van der Waals surface area contributed by atoms with Crippen molar-refractivity contribution in [3.63, 3.8) is 0 Å². The molecule has 2 aliphatic rings. The second-order valence-corrected chi connectivity index (χ2v) is 5.92. The predicted molar refractivity (Wildman–Crippen MR) is 65.3 cm³/mol. The van der Waals surface area contributed by atoms with Crippen LogP contribution in [-0.2, 0) is 4.79 Å². The molecule has 0 aromatic heterocycles. The molecule has 0 aliphatic heterocycles. The van der Waals surface area contributed by atoms with E-state index in [1.54, 1.807) is 0 Å². The lowest BCUT2D eigenvalue weighted by Crippen LogP contribution is -2.59. The first-order chi connectivity index (χ1) is 8.86. The molecule has 0 unspecified atom stereocenters. The van der Waals surface area contributed by atoms with Crippen LogP contribution in [-0.4, -0.2) is 24.2 Å². The highest BCUT2D eigenvalue weighted by Crippen LogP contribution is 2.40. The normalized spacial score (nSPS) is 30.5. The lowest BCUT2D eigenvalue weighted by Gasteiger charge is -2.43. The van der Waals surface area contributed by atoms with E-state index in [2.05, 4.69) is 5.32 Å². The summed E-state index contributed by atoms with van der Waals surface area (Å²) in [6.45, 7) is 0.413. The molecule has 0 bridgehead atoms. The highest BCUT2D eigenvalue weighted by atomic mass is 19.4. The van der Waals surface area contributed by atoms with Crippen LogP contribution in [0.15, 0.2) is 0 Å². The van der Waals surface area contributed by atoms with Crippen LogP contribution in [0.25, 0.3) is 0 Å². The fourth-order valence-corrected chi connectivity index (χ4v) is 3.03. The van der Waals surface area contributed by atoms with Gasteiger partial charge in [0.1, 0.15) is 0 Å². The molecular weight excluding hydrogens is 257 g/mol. The van der Waals surface area contributed by atoms with E-state index in [1.165, 1.54) is 0 Å². The summed E-state index contributed by atoms with van der Waals surface area (Å²) in [6.07, 6.45) is -0.506. The topological polar surface area (TPSA) is 55.1 Å². The Morgan fingerprint density at radius 2 is 1.79 bits per heavy atom. The average molecular weight is 278 g/mol. The number of hydrogen-bond acceptors (Lipinski definition) is 2. The number of nitrogens with one attached hydrogen (secondary N) is 1. The number of alkyl halides is 3.